The Bertz CT molecular complexity index is 730. The van der Waals surface area contributed by atoms with Gasteiger partial charge in [-0.05, 0) is 64.5 Å². The van der Waals surface area contributed by atoms with E-state index in [1.165, 1.54) is 0 Å². The van der Waals surface area contributed by atoms with Crippen molar-refractivity contribution < 1.29 is 19.1 Å². The first kappa shape index (κ1) is 20.2. The minimum absolute atomic E-state index is 0.132. The fraction of sp³-hybridized carbons (Fsp3) is 0.571. The third-order valence-electron chi connectivity index (χ3n) is 5.49. The van der Waals surface area contributed by atoms with Crippen LogP contribution < -0.4 is 10.9 Å². The summed E-state index contributed by atoms with van der Waals surface area (Å²) in [6.07, 6.45) is 2.86. The summed E-state index contributed by atoms with van der Waals surface area (Å²) >= 11 is 0. The van der Waals surface area contributed by atoms with Crippen LogP contribution >= 0.6 is 0 Å². The molecule has 7 nitrogen and oxygen atoms in total. The third-order valence-corrected chi connectivity index (χ3v) is 5.49. The molecule has 0 spiro atoms. The van der Waals surface area contributed by atoms with Crippen LogP contribution in [0.4, 0.5) is 4.79 Å². The standard InChI is InChI=1S/C21H29N3O4/c1-20(2,3)28-19(27)24-13-9-16(10-14-24)21(11-12-21)18(26)23-22-17(25)15-7-5-4-6-8-15/h4-8,16H,9-14H2,1-3H3,(H,22,25)(H,23,26). The van der Waals surface area contributed by atoms with Gasteiger partial charge in [0.25, 0.3) is 5.91 Å². The molecule has 1 aliphatic heterocycles. The molecule has 1 saturated heterocycles. The van der Waals surface area contributed by atoms with Gasteiger partial charge in [-0.1, -0.05) is 18.2 Å². The molecule has 1 heterocycles. The Morgan fingerprint density at radius 1 is 1.04 bits per heavy atom. The number of hydrogen-bond acceptors (Lipinski definition) is 4. The van der Waals surface area contributed by atoms with Gasteiger partial charge in [0.1, 0.15) is 5.60 Å². The zero-order chi connectivity index (χ0) is 20.4. The second-order valence-corrected chi connectivity index (χ2v) is 8.67. The average Bonchev–Trinajstić information content (AvgIpc) is 3.47. The highest BCUT2D eigenvalue weighted by Gasteiger charge is 2.56. The lowest BCUT2D eigenvalue weighted by molar-refractivity contribution is -0.129. The first-order chi connectivity index (χ1) is 13.2. The quantitative estimate of drug-likeness (QED) is 0.781. The van der Waals surface area contributed by atoms with Crippen LogP contribution in [0.15, 0.2) is 30.3 Å². The van der Waals surface area contributed by atoms with E-state index in [-0.39, 0.29) is 23.8 Å². The molecular formula is C21H29N3O4. The van der Waals surface area contributed by atoms with Crippen molar-refractivity contribution >= 4 is 17.9 Å². The summed E-state index contributed by atoms with van der Waals surface area (Å²) in [4.78, 5) is 38.8. The number of amides is 3. The third kappa shape index (κ3) is 4.64. The molecule has 152 valence electrons. The minimum Gasteiger partial charge on any atom is -0.444 e. The van der Waals surface area contributed by atoms with E-state index in [1.807, 2.05) is 26.8 Å². The van der Waals surface area contributed by atoms with E-state index < -0.39 is 11.0 Å². The molecule has 0 radical (unpaired) electrons. The van der Waals surface area contributed by atoms with Crippen LogP contribution in [-0.4, -0.2) is 41.5 Å². The summed E-state index contributed by atoms with van der Waals surface area (Å²) in [5, 5.41) is 0. The lowest BCUT2D eigenvalue weighted by Gasteiger charge is -2.36. The summed E-state index contributed by atoms with van der Waals surface area (Å²) in [5.41, 5.74) is 4.68. The number of piperidine rings is 1. The SMILES string of the molecule is CC(C)(C)OC(=O)N1CCC(C2(C(=O)NNC(=O)c3ccccc3)CC2)CC1. The van der Waals surface area contributed by atoms with Crippen LogP contribution in [-0.2, 0) is 9.53 Å². The van der Waals surface area contributed by atoms with Crippen molar-refractivity contribution in [3.05, 3.63) is 35.9 Å². The number of carbonyl (C=O) groups excluding carboxylic acids is 3. The van der Waals surface area contributed by atoms with E-state index in [0.717, 1.165) is 25.7 Å². The average molecular weight is 387 g/mol. The number of nitrogens with one attached hydrogen (secondary N) is 2. The lowest BCUT2D eigenvalue weighted by Crippen LogP contribution is -2.49. The van der Waals surface area contributed by atoms with Gasteiger partial charge in [0.05, 0.1) is 5.41 Å². The molecule has 0 bridgehead atoms. The van der Waals surface area contributed by atoms with E-state index in [9.17, 15) is 14.4 Å². The van der Waals surface area contributed by atoms with E-state index in [1.54, 1.807) is 29.2 Å². The first-order valence-corrected chi connectivity index (χ1v) is 9.85. The Kier molecular flexibility index (Phi) is 5.63. The van der Waals surface area contributed by atoms with Gasteiger partial charge in [0.2, 0.25) is 5.91 Å². The fourth-order valence-electron chi connectivity index (χ4n) is 3.80. The number of hydrogen-bond donors (Lipinski definition) is 2. The van der Waals surface area contributed by atoms with Gasteiger partial charge in [-0.2, -0.15) is 0 Å². The van der Waals surface area contributed by atoms with Gasteiger partial charge in [-0.15, -0.1) is 0 Å². The van der Waals surface area contributed by atoms with Crippen molar-refractivity contribution in [2.24, 2.45) is 11.3 Å². The molecule has 1 saturated carbocycles. The maximum absolute atomic E-state index is 12.7. The summed E-state index contributed by atoms with van der Waals surface area (Å²) in [6.45, 7) is 6.73. The highest BCUT2D eigenvalue weighted by atomic mass is 16.6. The molecule has 7 heteroatoms. The second kappa shape index (κ2) is 7.81. The predicted octanol–water partition coefficient (Wildman–Crippen LogP) is 2.87. The summed E-state index contributed by atoms with van der Waals surface area (Å²) in [5.74, 6) is -0.253. The molecule has 0 unspecified atom stereocenters. The Morgan fingerprint density at radius 2 is 1.64 bits per heavy atom. The Hall–Kier alpha value is -2.57. The Labute approximate surface area is 165 Å². The van der Waals surface area contributed by atoms with Crippen LogP contribution in [0, 0.1) is 11.3 Å². The van der Waals surface area contributed by atoms with Crippen molar-refractivity contribution in [2.45, 2.75) is 52.1 Å². The van der Waals surface area contributed by atoms with Crippen molar-refractivity contribution in [3.63, 3.8) is 0 Å². The van der Waals surface area contributed by atoms with Crippen molar-refractivity contribution in [2.75, 3.05) is 13.1 Å². The summed E-state index contributed by atoms with van der Waals surface area (Å²) < 4.78 is 5.43. The van der Waals surface area contributed by atoms with Gasteiger partial charge in [-0.25, -0.2) is 4.79 Å². The monoisotopic (exact) mass is 387 g/mol. The van der Waals surface area contributed by atoms with Crippen LogP contribution in [0.2, 0.25) is 0 Å². The van der Waals surface area contributed by atoms with Gasteiger partial charge in [-0.3, -0.25) is 20.4 Å². The number of benzene rings is 1. The fourth-order valence-corrected chi connectivity index (χ4v) is 3.80. The van der Waals surface area contributed by atoms with Crippen LogP contribution in [0.25, 0.3) is 0 Å². The number of hydrazine groups is 1. The molecule has 2 N–H and O–H groups in total. The van der Waals surface area contributed by atoms with Gasteiger partial charge >= 0.3 is 6.09 Å². The van der Waals surface area contributed by atoms with Crippen molar-refractivity contribution in [1.29, 1.82) is 0 Å². The highest BCUT2D eigenvalue weighted by Crippen LogP contribution is 2.55. The first-order valence-electron chi connectivity index (χ1n) is 9.85. The number of carbonyl (C=O) groups is 3. The molecule has 1 aromatic carbocycles. The second-order valence-electron chi connectivity index (χ2n) is 8.67. The zero-order valence-corrected chi connectivity index (χ0v) is 16.8. The normalized spacial score (nSPS) is 18.9. The van der Waals surface area contributed by atoms with Gasteiger partial charge < -0.3 is 9.64 Å². The zero-order valence-electron chi connectivity index (χ0n) is 16.8. The molecule has 1 aliphatic carbocycles. The summed E-state index contributed by atoms with van der Waals surface area (Å²) in [7, 11) is 0. The van der Waals surface area contributed by atoms with Gasteiger partial charge in [0.15, 0.2) is 0 Å². The lowest BCUT2D eigenvalue weighted by atomic mass is 9.81. The number of nitrogens with zero attached hydrogens (tertiary/aromatic N) is 1. The van der Waals surface area contributed by atoms with E-state index in [2.05, 4.69) is 10.9 Å². The van der Waals surface area contributed by atoms with Gasteiger partial charge in [0, 0.05) is 18.7 Å². The molecule has 1 aromatic rings. The largest absolute Gasteiger partial charge is 0.444 e. The van der Waals surface area contributed by atoms with Crippen molar-refractivity contribution in [3.8, 4) is 0 Å². The Morgan fingerprint density at radius 3 is 2.18 bits per heavy atom. The molecule has 28 heavy (non-hydrogen) atoms. The number of likely N-dealkylation sites (tertiary alicyclic amines) is 1. The molecule has 3 rings (SSSR count). The molecule has 2 fully saturated rings. The number of ether oxygens (including phenoxy) is 1. The smallest absolute Gasteiger partial charge is 0.410 e. The Balaban J connectivity index is 1.50. The van der Waals surface area contributed by atoms with E-state index >= 15 is 0 Å². The molecule has 0 atom stereocenters. The minimum atomic E-state index is -0.511. The predicted molar refractivity (Wildman–Crippen MR) is 104 cm³/mol. The molecule has 3 amide bonds. The van der Waals surface area contributed by atoms with E-state index in [4.69, 9.17) is 4.74 Å². The summed E-state index contributed by atoms with van der Waals surface area (Å²) in [6, 6.07) is 8.77. The maximum Gasteiger partial charge on any atom is 0.410 e. The maximum atomic E-state index is 12.7. The number of rotatable bonds is 3. The topological polar surface area (TPSA) is 87.7 Å². The van der Waals surface area contributed by atoms with Crippen LogP contribution in [0.5, 0.6) is 0 Å². The van der Waals surface area contributed by atoms with Crippen LogP contribution in [0.1, 0.15) is 56.8 Å². The highest BCUT2D eigenvalue weighted by molar-refractivity contribution is 5.96. The molecule has 2 aliphatic rings. The molecular weight excluding hydrogens is 358 g/mol. The van der Waals surface area contributed by atoms with E-state index in [0.29, 0.717) is 18.7 Å². The molecule has 0 aromatic heterocycles. The van der Waals surface area contributed by atoms with Crippen LogP contribution in [0.3, 0.4) is 0 Å². The van der Waals surface area contributed by atoms with Crippen molar-refractivity contribution in [1.82, 2.24) is 15.8 Å².